The van der Waals surface area contributed by atoms with Crippen molar-refractivity contribution in [1.82, 2.24) is 0 Å². The van der Waals surface area contributed by atoms with Crippen molar-refractivity contribution in [3.8, 4) is 0 Å². The normalized spacial score (nSPS) is 11.3. The third-order valence-electron chi connectivity index (χ3n) is 3.63. The number of hydrogen-bond acceptors (Lipinski definition) is 2. The second kappa shape index (κ2) is 6.17. The van der Waals surface area contributed by atoms with Gasteiger partial charge in [0.25, 0.3) is 0 Å². The van der Waals surface area contributed by atoms with Gasteiger partial charge in [0.05, 0.1) is 5.56 Å². The van der Waals surface area contributed by atoms with Crippen LogP contribution in [0.15, 0.2) is 36.4 Å². The Hall–Kier alpha value is -2.03. The molecule has 2 aromatic carbocycles. The van der Waals surface area contributed by atoms with E-state index in [9.17, 15) is 9.90 Å². The van der Waals surface area contributed by atoms with Crippen molar-refractivity contribution < 1.29 is 9.90 Å². The second-order valence-corrected chi connectivity index (χ2v) is 6.12. The van der Waals surface area contributed by atoms with Crippen LogP contribution in [0.3, 0.4) is 0 Å². The van der Waals surface area contributed by atoms with Crippen LogP contribution in [0, 0.1) is 5.92 Å². The summed E-state index contributed by atoms with van der Waals surface area (Å²) in [6.07, 6.45) is 0. The molecular weight excluding hydrogens is 262 g/mol. The molecule has 21 heavy (non-hydrogen) atoms. The van der Waals surface area contributed by atoms with Gasteiger partial charge < -0.3 is 10.0 Å². The Morgan fingerprint density at radius 1 is 1.05 bits per heavy atom. The lowest BCUT2D eigenvalue weighted by atomic mass is 10.0. The van der Waals surface area contributed by atoms with E-state index < -0.39 is 5.97 Å². The Labute approximate surface area is 126 Å². The number of hydrogen-bond donors (Lipinski definition) is 1. The Bertz CT molecular complexity index is 647. The fourth-order valence-electron chi connectivity index (χ4n) is 2.70. The molecule has 0 bridgehead atoms. The summed E-state index contributed by atoms with van der Waals surface area (Å²) < 4.78 is 0. The fourth-order valence-corrected chi connectivity index (χ4v) is 2.70. The largest absolute Gasteiger partial charge is 0.478 e. The smallest absolute Gasteiger partial charge is 0.336 e. The average Bonchev–Trinajstić information content (AvgIpc) is 2.43. The topological polar surface area (TPSA) is 40.5 Å². The molecule has 2 rings (SSSR count). The van der Waals surface area contributed by atoms with E-state index in [0.29, 0.717) is 17.5 Å². The molecule has 0 atom stereocenters. The minimum atomic E-state index is -0.877. The Balaban J connectivity index is 2.64. The van der Waals surface area contributed by atoms with E-state index in [1.807, 2.05) is 30.3 Å². The molecular formula is C18H23NO2. The number of carboxylic acid groups (broad SMARTS) is 1. The van der Waals surface area contributed by atoms with Gasteiger partial charge in [-0.3, -0.25) is 0 Å². The molecule has 3 heteroatoms. The molecule has 0 saturated carbocycles. The van der Waals surface area contributed by atoms with Crippen molar-refractivity contribution in [3.05, 3.63) is 42.0 Å². The zero-order chi connectivity index (χ0) is 15.6. The van der Waals surface area contributed by atoms with Gasteiger partial charge >= 0.3 is 5.97 Å². The van der Waals surface area contributed by atoms with Crippen molar-refractivity contribution in [2.24, 2.45) is 5.92 Å². The Kier molecular flexibility index (Phi) is 4.51. The molecule has 0 spiro atoms. The molecule has 0 aliphatic rings. The predicted molar refractivity (Wildman–Crippen MR) is 88.2 cm³/mol. The first-order valence-corrected chi connectivity index (χ1v) is 7.43. The maximum absolute atomic E-state index is 11.4. The first kappa shape index (κ1) is 15.4. The SMILES string of the molecule is CC(C)CN(c1ccc(C(=O)O)c2ccccc12)C(C)C. The quantitative estimate of drug-likeness (QED) is 0.884. The van der Waals surface area contributed by atoms with Crippen LogP contribution in [0.4, 0.5) is 5.69 Å². The molecule has 0 amide bonds. The van der Waals surface area contributed by atoms with E-state index >= 15 is 0 Å². The molecule has 3 nitrogen and oxygen atoms in total. The number of carboxylic acids is 1. The van der Waals surface area contributed by atoms with E-state index in [2.05, 4.69) is 32.6 Å². The first-order valence-electron chi connectivity index (χ1n) is 7.43. The van der Waals surface area contributed by atoms with Crippen LogP contribution in [0.5, 0.6) is 0 Å². The Morgan fingerprint density at radius 2 is 1.67 bits per heavy atom. The number of fused-ring (bicyclic) bond motifs is 1. The number of aromatic carboxylic acids is 1. The molecule has 0 unspecified atom stereocenters. The van der Waals surface area contributed by atoms with Crippen LogP contribution in [-0.4, -0.2) is 23.7 Å². The third kappa shape index (κ3) is 3.18. The average molecular weight is 285 g/mol. The highest BCUT2D eigenvalue weighted by molar-refractivity contribution is 6.07. The van der Waals surface area contributed by atoms with Crippen LogP contribution in [-0.2, 0) is 0 Å². The van der Waals surface area contributed by atoms with Gasteiger partial charge in [0.1, 0.15) is 0 Å². The van der Waals surface area contributed by atoms with Gasteiger partial charge in [0.2, 0.25) is 0 Å². The number of benzene rings is 2. The van der Waals surface area contributed by atoms with Crippen molar-refractivity contribution in [2.75, 3.05) is 11.4 Å². The highest BCUT2D eigenvalue weighted by atomic mass is 16.4. The molecule has 0 aromatic heterocycles. The van der Waals surface area contributed by atoms with Gasteiger partial charge in [-0.2, -0.15) is 0 Å². The standard InChI is InChI=1S/C18H23NO2/c1-12(2)11-19(13(3)4)17-10-9-16(18(20)21)14-7-5-6-8-15(14)17/h5-10,12-13H,11H2,1-4H3,(H,20,21). The summed E-state index contributed by atoms with van der Waals surface area (Å²) in [6, 6.07) is 11.8. The van der Waals surface area contributed by atoms with E-state index in [1.165, 1.54) is 0 Å². The first-order chi connectivity index (χ1) is 9.91. The monoisotopic (exact) mass is 285 g/mol. The molecule has 0 heterocycles. The molecule has 0 aliphatic heterocycles. The van der Waals surface area contributed by atoms with Gasteiger partial charge in [-0.25, -0.2) is 4.79 Å². The van der Waals surface area contributed by atoms with Crippen LogP contribution in [0.2, 0.25) is 0 Å². The molecule has 1 N–H and O–H groups in total. The highest BCUT2D eigenvalue weighted by Gasteiger charge is 2.17. The van der Waals surface area contributed by atoms with E-state index in [1.54, 1.807) is 6.07 Å². The van der Waals surface area contributed by atoms with Gasteiger partial charge in [-0.1, -0.05) is 38.1 Å². The molecule has 0 radical (unpaired) electrons. The van der Waals surface area contributed by atoms with Gasteiger partial charge in [-0.15, -0.1) is 0 Å². The molecule has 112 valence electrons. The predicted octanol–water partition coefficient (Wildman–Crippen LogP) is 4.41. The maximum Gasteiger partial charge on any atom is 0.336 e. The number of rotatable bonds is 5. The van der Waals surface area contributed by atoms with Gasteiger partial charge in [-0.05, 0) is 37.3 Å². The summed E-state index contributed by atoms with van der Waals surface area (Å²) in [5.74, 6) is -0.331. The summed E-state index contributed by atoms with van der Waals surface area (Å²) in [5.41, 5.74) is 1.47. The third-order valence-corrected chi connectivity index (χ3v) is 3.63. The lowest BCUT2D eigenvalue weighted by Crippen LogP contribution is -2.34. The van der Waals surface area contributed by atoms with Crippen molar-refractivity contribution in [2.45, 2.75) is 33.7 Å². The zero-order valence-electron chi connectivity index (χ0n) is 13.1. The summed E-state index contributed by atoms with van der Waals surface area (Å²) >= 11 is 0. The van der Waals surface area contributed by atoms with Crippen molar-refractivity contribution in [1.29, 1.82) is 0 Å². The lowest BCUT2D eigenvalue weighted by Gasteiger charge is -2.32. The van der Waals surface area contributed by atoms with Crippen molar-refractivity contribution >= 4 is 22.4 Å². The van der Waals surface area contributed by atoms with Crippen molar-refractivity contribution in [3.63, 3.8) is 0 Å². The van der Waals surface area contributed by atoms with Crippen LogP contribution in [0.25, 0.3) is 10.8 Å². The number of nitrogens with zero attached hydrogens (tertiary/aromatic N) is 1. The number of anilines is 1. The molecule has 0 saturated heterocycles. The van der Waals surface area contributed by atoms with Crippen LogP contribution in [0.1, 0.15) is 38.1 Å². The van der Waals surface area contributed by atoms with E-state index in [0.717, 1.165) is 23.0 Å². The Morgan fingerprint density at radius 3 is 2.19 bits per heavy atom. The highest BCUT2D eigenvalue weighted by Crippen LogP contribution is 2.31. The minimum absolute atomic E-state index is 0.364. The molecule has 2 aromatic rings. The lowest BCUT2D eigenvalue weighted by molar-refractivity contribution is 0.0699. The van der Waals surface area contributed by atoms with Gasteiger partial charge in [0.15, 0.2) is 0 Å². The summed E-state index contributed by atoms with van der Waals surface area (Å²) in [7, 11) is 0. The number of carbonyl (C=O) groups is 1. The molecule has 0 fully saturated rings. The zero-order valence-corrected chi connectivity index (χ0v) is 13.1. The minimum Gasteiger partial charge on any atom is -0.478 e. The fraction of sp³-hybridized carbons (Fsp3) is 0.389. The van der Waals surface area contributed by atoms with Gasteiger partial charge in [0, 0.05) is 23.7 Å². The van der Waals surface area contributed by atoms with Crippen LogP contribution < -0.4 is 4.90 Å². The molecule has 0 aliphatic carbocycles. The van der Waals surface area contributed by atoms with E-state index in [-0.39, 0.29) is 0 Å². The summed E-state index contributed by atoms with van der Waals surface area (Å²) in [4.78, 5) is 13.7. The van der Waals surface area contributed by atoms with E-state index in [4.69, 9.17) is 0 Å². The second-order valence-electron chi connectivity index (χ2n) is 6.12. The summed E-state index contributed by atoms with van der Waals surface area (Å²) in [5, 5.41) is 11.2. The summed E-state index contributed by atoms with van der Waals surface area (Å²) in [6.45, 7) is 9.69. The van der Waals surface area contributed by atoms with Crippen LogP contribution >= 0.6 is 0 Å². The maximum atomic E-state index is 11.4.